The molecule has 0 aliphatic rings. The third kappa shape index (κ3) is 2.63. The summed E-state index contributed by atoms with van der Waals surface area (Å²) in [4.78, 5) is 41.2. The van der Waals surface area contributed by atoms with Crippen LogP contribution in [0.15, 0.2) is 41.5 Å². The molecule has 0 unspecified atom stereocenters. The molecule has 112 valence electrons. The fourth-order valence-electron chi connectivity index (χ4n) is 1.75. The number of benzene rings is 1. The maximum Gasteiger partial charge on any atom is 0.332 e. The SMILES string of the molecule is O=c1ccn(-c2ccc([N+](=O)[O-])cc2[N+](=O)[O-])cc1[N+](=O)[O-]. The zero-order chi connectivity index (χ0) is 16.4. The average molecular weight is 306 g/mol. The first-order chi connectivity index (χ1) is 10.3. The van der Waals surface area contributed by atoms with Gasteiger partial charge in [0.2, 0.25) is 0 Å². The van der Waals surface area contributed by atoms with E-state index >= 15 is 0 Å². The normalized spacial score (nSPS) is 10.2. The lowest BCUT2D eigenvalue weighted by molar-refractivity contribution is -0.394. The topological polar surface area (TPSA) is 151 Å². The first-order valence-electron chi connectivity index (χ1n) is 5.61. The van der Waals surface area contributed by atoms with Crippen molar-refractivity contribution >= 4 is 17.1 Å². The molecule has 0 N–H and O–H groups in total. The quantitative estimate of drug-likeness (QED) is 0.613. The van der Waals surface area contributed by atoms with Crippen LogP contribution in [-0.4, -0.2) is 19.3 Å². The molecule has 11 nitrogen and oxygen atoms in total. The van der Waals surface area contributed by atoms with Crippen molar-refractivity contribution in [1.82, 2.24) is 4.57 Å². The van der Waals surface area contributed by atoms with Crippen LogP contribution in [0.1, 0.15) is 0 Å². The van der Waals surface area contributed by atoms with Crippen LogP contribution in [0.5, 0.6) is 0 Å². The van der Waals surface area contributed by atoms with Crippen LogP contribution < -0.4 is 5.43 Å². The lowest BCUT2D eigenvalue weighted by Crippen LogP contribution is -2.11. The fourth-order valence-corrected chi connectivity index (χ4v) is 1.75. The Hall–Kier alpha value is -3.63. The van der Waals surface area contributed by atoms with Crippen LogP contribution in [0.2, 0.25) is 0 Å². The Bertz CT molecular complexity index is 858. The van der Waals surface area contributed by atoms with Crippen molar-refractivity contribution < 1.29 is 14.8 Å². The summed E-state index contributed by atoms with van der Waals surface area (Å²) in [5.41, 5.74) is -2.88. The summed E-state index contributed by atoms with van der Waals surface area (Å²) in [6.07, 6.45) is 1.92. The molecule has 0 fully saturated rings. The van der Waals surface area contributed by atoms with Crippen molar-refractivity contribution in [3.8, 4) is 5.69 Å². The monoisotopic (exact) mass is 306 g/mol. The summed E-state index contributed by atoms with van der Waals surface area (Å²) in [6.45, 7) is 0. The fraction of sp³-hybridized carbons (Fsp3) is 0. The summed E-state index contributed by atoms with van der Waals surface area (Å²) in [6, 6.07) is 3.71. The summed E-state index contributed by atoms with van der Waals surface area (Å²) in [5.74, 6) is 0. The number of non-ortho nitro benzene ring substituents is 1. The van der Waals surface area contributed by atoms with Crippen molar-refractivity contribution in [2.24, 2.45) is 0 Å². The minimum Gasteiger partial charge on any atom is -0.311 e. The van der Waals surface area contributed by atoms with Crippen molar-refractivity contribution in [1.29, 1.82) is 0 Å². The molecule has 1 aromatic carbocycles. The zero-order valence-electron chi connectivity index (χ0n) is 10.6. The van der Waals surface area contributed by atoms with E-state index in [0.717, 1.165) is 41.2 Å². The minimum atomic E-state index is -0.921. The van der Waals surface area contributed by atoms with Crippen LogP contribution in [0.3, 0.4) is 0 Å². The highest BCUT2D eigenvalue weighted by Crippen LogP contribution is 2.27. The number of hydrogen-bond donors (Lipinski definition) is 0. The van der Waals surface area contributed by atoms with E-state index in [1.54, 1.807) is 0 Å². The molecule has 2 rings (SSSR count). The summed E-state index contributed by atoms with van der Waals surface area (Å²) >= 11 is 0. The van der Waals surface area contributed by atoms with E-state index in [2.05, 4.69) is 0 Å². The van der Waals surface area contributed by atoms with Gasteiger partial charge in [0, 0.05) is 18.3 Å². The Morgan fingerprint density at radius 2 is 1.50 bits per heavy atom. The van der Waals surface area contributed by atoms with Gasteiger partial charge >= 0.3 is 5.69 Å². The highest BCUT2D eigenvalue weighted by atomic mass is 16.6. The second kappa shape index (κ2) is 5.40. The van der Waals surface area contributed by atoms with Gasteiger partial charge < -0.3 is 4.57 Å². The van der Waals surface area contributed by atoms with Crippen molar-refractivity contribution in [2.45, 2.75) is 0 Å². The van der Waals surface area contributed by atoms with Gasteiger partial charge in [-0.1, -0.05) is 0 Å². The van der Waals surface area contributed by atoms with Gasteiger partial charge in [-0.2, -0.15) is 0 Å². The maximum absolute atomic E-state index is 11.3. The van der Waals surface area contributed by atoms with E-state index in [4.69, 9.17) is 0 Å². The van der Waals surface area contributed by atoms with Crippen LogP contribution in [0.25, 0.3) is 5.69 Å². The Balaban J connectivity index is 2.69. The third-order valence-corrected chi connectivity index (χ3v) is 2.74. The number of nitro groups is 3. The van der Waals surface area contributed by atoms with Gasteiger partial charge in [-0.15, -0.1) is 0 Å². The van der Waals surface area contributed by atoms with Gasteiger partial charge in [-0.3, -0.25) is 35.1 Å². The first kappa shape index (κ1) is 14.8. The lowest BCUT2D eigenvalue weighted by atomic mass is 10.2. The molecule has 22 heavy (non-hydrogen) atoms. The van der Waals surface area contributed by atoms with Crippen molar-refractivity contribution in [3.63, 3.8) is 0 Å². The van der Waals surface area contributed by atoms with E-state index in [0.29, 0.717) is 0 Å². The van der Waals surface area contributed by atoms with E-state index in [1.807, 2.05) is 0 Å². The molecule has 0 bridgehead atoms. The number of rotatable bonds is 4. The van der Waals surface area contributed by atoms with Crippen molar-refractivity contribution in [3.05, 3.63) is 77.2 Å². The molecule has 2 aromatic rings. The molecule has 0 spiro atoms. The molecule has 0 aliphatic heterocycles. The molecular weight excluding hydrogens is 300 g/mol. The smallest absolute Gasteiger partial charge is 0.311 e. The van der Waals surface area contributed by atoms with E-state index in [9.17, 15) is 35.1 Å². The first-order valence-corrected chi connectivity index (χ1v) is 5.61. The molecule has 1 heterocycles. The van der Waals surface area contributed by atoms with Gasteiger partial charge in [-0.25, -0.2) is 0 Å². The van der Waals surface area contributed by atoms with Gasteiger partial charge in [0.25, 0.3) is 16.8 Å². The Labute approximate surface area is 120 Å². The summed E-state index contributed by atoms with van der Waals surface area (Å²) in [5, 5.41) is 32.4. The van der Waals surface area contributed by atoms with Gasteiger partial charge in [0.15, 0.2) is 0 Å². The predicted molar refractivity (Wildman–Crippen MR) is 72.0 cm³/mol. The second-order valence-electron chi connectivity index (χ2n) is 4.05. The zero-order valence-corrected chi connectivity index (χ0v) is 10.6. The molecule has 1 aromatic heterocycles. The summed E-state index contributed by atoms with van der Waals surface area (Å²) in [7, 11) is 0. The lowest BCUT2D eigenvalue weighted by Gasteiger charge is -2.06. The number of pyridine rings is 1. The molecule has 0 aliphatic carbocycles. The molecule has 0 amide bonds. The molecule has 0 atom stereocenters. The Morgan fingerprint density at radius 1 is 0.864 bits per heavy atom. The van der Waals surface area contributed by atoms with E-state index in [1.165, 1.54) is 0 Å². The summed E-state index contributed by atoms with van der Waals surface area (Å²) < 4.78 is 0.987. The molecule has 0 saturated heterocycles. The van der Waals surface area contributed by atoms with E-state index in [-0.39, 0.29) is 5.69 Å². The van der Waals surface area contributed by atoms with E-state index < -0.39 is 37.3 Å². The van der Waals surface area contributed by atoms with Crippen LogP contribution >= 0.6 is 0 Å². The standard InChI is InChI=1S/C11H6N4O7/c16-11-3-4-12(6-10(11)15(21)22)8-2-1-7(13(17)18)5-9(8)14(19)20/h1-6H. The average Bonchev–Trinajstić information content (AvgIpc) is 2.46. The number of aromatic nitrogens is 1. The second-order valence-corrected chi connectivity index (χ2v) is 4.05. The maximum atomic E-state index is 11.3. The number of nitro benzene ring substituents is 2. The highest BCUT2D eigenvalue weighted by Gasteiger charge is 2.22. The molecule has 0 saturated carbocycles. The van der Waals surface area contributed by atoms with Gasteiger partial charge in [-0.05, 0) is 6.07 Å². The minimum absolute atomic E-state index is 0.140. The molecule has 11 heteroatoms. The number of hydrogen-bond acceptors (Lipinski definition) is 7. The highest BCUT2D eigenvalue weighted by molar-refractivity contribution is 5.58. The largest absolute Gasteiger partial charge is 0.332 e. The molecule has 0 radical (unpaired) electrons. The van der Waals surface area contributed by atoms with Crippen molar-refractivity contribution in [2.75, 3.05) is 0 Å². The molecular formula is C11H6N4O7. The van der Waals surface area contributed by atoms with Gasteiger partial charge in [0.1, 0.15) is 5.69 Å². The third-order valence-electron chi connectivity index (χ3n) is 2.74. The van der Waals surface area contributed by atoms with Gasteiger partial charge in [0.05, 0.1) is 27.0 Å². The number of nitrogens with zero attached hydrogens (tertiary/aromatic N) is 4. The van der Waals surface area contributed by atoms with Crippen LogP contribution in [0.4, 0.5) is 17.1 Å². The van der Waals surface area contributed by atoms with Crippen LogP contribution in [0, 0.1) is 30.3 Å². The predicted octanol–water partition coefficient (Wildman–Crippen LogP) is 1.56. The Morgan fingerprint density at radius 3 is 2.05 bits per heavy atom. The Kier molecular flexibility index (Phi) is 3.62. The van der Waals surface area contributed by atoms with Crippen LogP contribution in [-0.2, 0) is 0 Å².